The molecule has 5 N–H and O–H groups in total. The molecule has 0 bridgehead atoms. The van der Waals surface area contributed by atoms with Crippen LogP contribution >= 0.6 is 0 Å². The molecule has 4 atom stereocenters. The second-order valence-corrected chi connectivity index (χ2v) is 3.08. The summed E-state index contributed by atoms with van der Waals surface area (Å²) in [4.78, 5) is 0. The van der Waals surface area contributed by atoms with E-state index in [1.54, 1.807) is 14.0 Å². The highest BCUT2D eigenvalue weighted by molar-refractivity contribution is 4.80. The van der Waals surface area contributed by atoms with Crippen molar-refractivity contribution in [3.8, 4) is 0 Å². The van der Waals surface area contributed by atoms with Gasteiger partial charge in [0.2, 0.25) is 0 Å². The molecule has 0 saturated carbocycles. The minimum Gasteiger partial charge on any atom is -0.390 e. The van der Waals surface area contributed by atoms with Gasteiger partial charge in [0.25, 0.3) is 0 Å². The van der Waals surface area contributed by atoms with Gasteiger partial charge in [0.1, 0.15) is 12.2 Å². The van der Waals surface area contributed by atoms with Crippen LogP contribution in [0.15, 0.2) is 0 Å². The number of aliphatic hydroxyl groups is 4. The van der Waals surface area contributed by atoms with Gasteiger partial charge in [-0.15, -0.1) is 0 Å². The molecule has 0 fully saturated rings. The van der Waals surface area contributed by atoms with E-state index >= 15 is 0 Å². The predicted octanol–water partition coefficient (Wildman–Crippen LogP) is -1.94. The summed E-state index contributed by atoms with van der Waals surface area (Å²) in [5.74, 6) is 0. The van der Waals surface area contributed by atoms with Crippen LogP contribution in [-0.2, 0) is 0 Å². The maximum absolute atomic E-state index is 9.32. The van der Waals surface area contributed by atoms with Gasteiger partial charge in [0, 0.05) is 6.54 Å². The molecule has 0 radical (unpaired) electrons. The molecular formula is C8H19NO4. The van der Waals surface area contributed by atoms with Crippen molar-refractivity contribution in [1.82, 2.24) is 5.32 Å². The van der Waals surface area contributed by atoms with E-state index in [9.17, 15) is 20.4 Å². The van der Waals surface area contributed by atoms with Gasteiger partial charge in [-0.05, 0) is 13.5 Å². The summed E-state index contributed by atoms with van der Waals surface area (Å²) in [7, 11) is 1.62. The van der Waals surface area contributed by atoms with Crippen molar-refractivity contribution < 1.29 is 20.4 Å². The highest BCUT2D eigenvalue weighted by Crippen LogP contribution is 2.06. The highest BCUT2D eigenvalue weighted by Gasteiger charge is 2.28. The van der Waals surface area contributed by atoms with Crippen LogP contribution in [0.25, 0.3) is 0 Å². The molecule has 0 unspecified atom stereocenters. The van der Waals surface area contributed by atoms with Crippen LogP contribution in [-0.4, -0.2) is 58.4 Å². The Kier molecular flexibility index (Phi) is 6.19. The molecule has 5 heteroatoms. The lowest BCUT2D eigenvalue weighted by molar-refractivity contribution is -0.104. The second-order valence-electron chi connectivity index (χ2n) is 3.08. The lowest BCUT2D eigenvalue weighted by atomic mass is 10.0. The van der Waals surface area contributed by atoms with Crippen molar-refractivity contribution in [2.75, 3.05) is 13.6 Å². The maximum atomic E-state index is 9.32. The average molecular weight is 193 g/mol. The fourth-order valence-corrected chi connectivity index (χ4v) is 1.03. The molecule has 0 rings (SSSR count). The van der Waals surface area contributed by atoms with Crippen LogP contribution in [0.3, 0.4) is 0 Å². The molecule has 13 heavy (non-hydrogen) atoms. The van der Waals surface area contributed by atoms with Crippen LogP contribution in [0.1, 0.15) is 13.3 Å². The number of likely N-dealkylation sites (N-methyl/N-ethyl adjacent to an activating group) is 1. The van der Waals surface area contributed by atoms with Gasteiger partial charge in [-0.2, -0.15) is 0 Å². The van der Waals surface area contributed by atoms with Crippen molar-refractivity contribution in [1.29, 1.82) is 0 Å². The van der Waals surface area contributed by atoms with Crippen molar-refractivity contribution in [2.24, 2.45) is 0 Å². The fraction of sp³-hybridized carbons (Fsp3) is 1.00. The maximum Gasteiger partial charge on any atom is 0.109 e. The monoisotopic (exact) mass is 193 g/mol. The fourth-order valence-electron chi connectivity index (χ4n) is 1.03. The van der Waals surface area contributed by atoms with Gasteiger partial charge >= 0.3 is 0 Å². The Morgan fingerprint density at radius 2 is 1.46 bits per heavy atom. The summed E-state index contributed by atoms with van der Waals surface area (Å²) in [6.07, 6.45) is -4.34. The standard InChI is InChI=1S/C8H19NO4/c1-3-5(10)7(12)8(13)6(11)4-9-2/h5-13H,3-4H2,1-2H3/t5-,6-,7+,8+/m1/s1. The quantitative estimate of drug-likeness (QED) is 0.338. The zero-order chi connectivity index (χ0) is 10.4. The van der Waals surface area contributed by atoms with Crippen molar-refractivity contribution in [2.45, 2.75) is 37.8 Å². The van der Waals surface area contributed by atoms with Crippen molar-refractivity contribution in [3.05, 3.63) is 0 Å². The third-order valence-electron chi connectivity index (χ3n) is 1.97. The molecule has 0 aliphatic heterocycles. The summed E-state index contributed by atoms with van der Waals surface area (Å²) in [6.45, 7) is 1.86. The summed E-state index contributed by atoms with van der Waals surface area (Å²) in [5, 5.41) is 39.7. The van der Waals surface area contributed by atoms with Crippen LogP contribution < -0.4 is 5.32 Å². The van der Waals surface area contributed by atoms with E-state index in [1.807, 2.05) is 0 Å². The van der Waals surface area contributed by atoms with Gasteiger partial charge in [-0.25, -0.2) is 0 Å². The molecule has 5 nitrogen and oxygen atoms in total. The zero-order valence-electron chi connectivity index (χ0n) is 8.01. The SMILES string of the molecule is CC[C@@H](O)[C@H](O)[C@@H](O)[C@H](O)CNC. The van der Waals surface area contributed by atoms with Crippen LogP contribution in [0.5, 0.6) is 0 Å². The van der Waals surface area contributed by atoms with Crippen molar-refractivity contribution in [3.63, 3.8) is 0 Å². The Morgan fingerprint density at radius 3 is 1.85 bits per heavy atom. The minimum absolute atomic E-state index is 0.175. The first-order valence-corrected chi connectivity index (χ1v) is 4.41. The number of hydrogen-bond donors (Lipinski definition) is 5. The highest BCUT2D eigenvalue weighted by atomic mass is 16.4. The third-order valence-corrected chi connectivity index (χ3v) is 1.97. The van der Waals surface area contributed by atoms with Gasteiger partial charge in [0.05, 0.1) is 12.2 Å². The van der Waals surface area contributed by atoms with E-state index in [2.05, 4.69) is 5.32 Å². The number of rotatable bonds is 6. The molecule has 0 aromatic carbocycles. The van der Waals surface area contributed by atoms with Crippen LogP contribution in [0.4, 0.5) is 0 Å². The molecule has 0 aliphatic carbocycles. The topological polar surface area (TPSA) is 93.0 Å². The zero-order valence-corrected chi connectivity index (χ0v) is 8.01. The molecule has 0 aliphatic rings. The molecule has 0 heterocycles. The van der Waals surface area contributed by atoms with E-state index in [0.29, 0.717) is 6.42 Å². The Labute approximate surface area is 78.0 Å². The second kappa shape index (κ2) is 6.28. The van der Waals surface area contributed by atoms with Gasteiger partial charge < -0.3 is 25.7 Å². The first-order valence-electron chi connectivity index (χ1n) is 4.41. The summed E-state index contributed by atoms with van der Waals surface area (Å²) in [6, 6.07) is 0. The average Bonchev–Trinajstić information content (AvgIpc) is 2.14. The predicted molar refractivity (Wildman–Crippen MR) is 48.2 cm³/mol. The number of hydrogen-bond acceptors (Lipinski definition) is 5. The molecule has 0 saturated heterocycles. The minimum atomic E-state index is -1.32. The summed E-state index contributed by atoms with van der Waals surface area (Å²) < 4.78 is 0. The Morgan fingerprint density at radius 1 is 1.00 bits per heavy atom. The van der Waals surface area contributed by atoms with E-state index in [4.69, 9.17) is 0 Å². The Bertz CT molecular complexity index is 133. The van der Waals surface area contributed by atoms with E-state index in [1.165, 1.54) is 0 Å². The number of aliphatic hydroxyl groups excluding tert-OH is 4. The molecule has 0 aromatic heterocycles. The van der Waals surface area contributed by atoms with Crippen LogP contribution in [0, 0.1) is 0 Å². The first-order chi connectivity index (χ1) is 6.04. The number of nitrogens with one attached hydrogen (secondary N) is 1. The molecule has 0 amide bonds. The van der Waals surface area contributed by atoms with Crippen LogP contribution in [0.2, 0.25) is 0 Å². The van der Waals surface area contributed by atoms with Gasteiger partial charge in [-0.3, -0.25) is 0 Å². The molecule has 80 valence electrons. The van der Waals surface area contributed by atoms with Crippen molar-refractivity contribution >= 4 is 0 Å². The van der Waals surface area contributed by atoms with Gasteiger partial charge in [0.15, 0.2) is 0 Å². The summed E-state index contributed by atoms with van der Waals surface area (Å²) in [5.41, 5.74) is 0. The molecular weight excluding hydrogens is 174 g/mol. The van der Waals surface area contributed by atoms with E-state index in [0.717, 1.165) is 0 Å². The largest absolute Gasteiger partial charge is 0.390 e. The van der Waals surface area contributed by atoms with E-state index < -0.39 is 24.4 Å². The lowest BCUT2D eigenvalue weighted by Gasteiger charge is -2.25. The Balaban J connectivity index is 3.99. The third kappa shape index (κ3) is 4.02. The lowest BCUT2D eigenvalue weighted by Crippen LogP contribution is -2.47. The molecule has 0 aromatic rings. The molecule has 0 spiro atoms. The first kappa shape index (κ1) is 12.8. The normalized spacial score (nSPS) is 20.8. The van der Waals surface area contributed by atoms with Gasteiger partial charge in [-0.1, -0.05) is 6.92 Å². The van der Waals surface area contributed by atoms with E-state index in [-0.39, 0.29) is 6.54 Å². The smallest absolute Gasteiger partial charge is 0.109 e. The Hall–Kier alpha value is -0.200. The summed E-state index contributed by atoms with van der Waals surface area (Å²) >= 11 is 0.